The first-order valence-corrected chi connectivity index (χ1v) is 16.3. The Balaban J connectivity index is 1.80. The molecule has 2 amide bonds. The molecular weight excluding hydrogens is 642 g/mol. The number of hydrogen-bond acceptors (Lipinski definition) is 9. The Morgan fingerprint density at radius 2 is 1.70 bits per heavy atom. The van der Waals surface area contributed by atoms with Crippen molar-refractivity contribution in [1.29, 1.82) is 0 Å². The molecule has 0 aliphatic rings. The molecule has 0 unspecified atom stereocenters. The molecule has 240 valence electrons. The largest absolute Gasteiger partial charge is 0.343 e. The molecule has 0 aliphatic heterocycles. The van der Waals surface area contributed by atoms with Gasteiger partial charge in [-0.05, 0) is 61.6 Å². The Hall–Kier alpha value is -4.77. The molecule has 16 heteroatoms. The van der Waals surface area contributed by atoms with Crippen LogP contribution in [0.4, 0.5) is 19.3 Å². The lowest BCUT2D eigenvalue weighted by molar-refractivity contribution is 0.114. The van der Waals surface area contributed by atoms with Crippen LogP contribution >= 0.6 is 11.3 Å². The van der Waals surface area contributed by atoms with Crippen LogP contribution in [0.15, 0.2) is 75.4 Å². The number of thiophene rings is 1. The number of nitrogens with zero attached hydrogens (tertiary/aromatic N) is 4. The number of hydrogen-bond donors (Lipinski definition) is 2. The maximum atomic E-state index is 14.9. The Kier molecular flexibility index (Phi) is 9.16. The average molecular weight is 671 g/mol. The number of fused-ring (bicyclic) bond motifs is 1. The van der Waals surface area contributed by atoms with Crippen LogP contribution in [-0.2, 0) is 27.8 Å². The van der Waals surface area contributed by atoms with Crippen molar-refractivity contribution in [3.63, 3.8) is 0 Å². The zero-order chi connectivity index (χ0) is 33.3. The van der Waals surface area contributed by atoms with Crippen LogP contribution in [0.5, 0.6) is 0 Å². The van der Waals surface area contributed by atoms with E-state index in [1.54, 1.807) is 38.4 Å². The Morgan fingerprint density at radius 1 is 1.02 bits per heavy atom. The lowest BCUT2D eigenvalue weighted by Crippen LogP contribution is -2.39. The van der Waals surface area contributed by atoms with Crippen LogP contribution in [0.25, 0.3) is 26.3 Å². The summed E-state index contributed by atoms with van der Waals surface area (Å²) >= 11 is 1.11. The molecule has 0 radical (unpaired) electrons. The van der Waals surface area contributed by atoms with E-state index in [9.17, 15) is 31.6 Å². The fourth-order valence-corrected chi connectivity index (χ4v) is 6.72. The van der Waals surface area contributed by atoms with Gasteiger partial charge in [0.1, 0.15) is 16.5 Å². The maximum Gasteiger partial charge on any atom is 0.343 e. The highest BCUT2D eigenvalue weighted by atomic mass is 32.2. The van der Waals surface area contributed by atoms with E-state index in [-0.39, 0.29) is 33.0 Å². The van der Waals surface area contributed by atoms with Crippen LogP contribution < -0.4 is 22.0 Å². The molecule has 3 heterocycles. The number of benzene rings is 2. The Labute approximate surface area is 265 Å². The second-order valence-corrected chi connectivity index (χ2v) is 13.5. The van der Waals surface area contributed by atoms with Gasteiger partial charge in [-0.2, -0.15) is 0 Å². The van der Waals surface area contributed by atoms with Crippen LogP contribution in [0.2, 0.25) is 0 Å². The number of hydroxylamine groups is 1. The third kappa shape index (κ3) is 6.46. The van der Waals surface area contributed by atoms with E-state index in [1.807, 2.05) is 4.90 Å². The molecule has 5 aromatic rings. The smallest absolute Gasteiger partial charge is 0.306 e. The van der Waals surface area contributed by atoms with E-state index in [4.69, 9.17) is 0 Å². The van der Waals surface area contributed by atoms with Crippen molar-refractivity contribution in [3.05, 3.63) is 104 Å². The molecule has 0 saturated heterocycles. The molecule has 2 aromatic carbocycles. The number of aromatic nitrogens is 3. The van der Waals surface area contributed by atoms with Gasteiger partial charge >= 0.3 is 11.7 Å². The Bertz CT molecular complexity index is 2160. The number of rotatable bonds is 9. The number of carbonyl (C=O) groups excluding carboxylic acids is 1. The summed E-state index contributed by atoms with van der Waals surface area (Å²) in [7, 11) is 1.21. The topological polar surface area (TPSA) is 145 Å². The molecule has 0 spiro atoms. The predicted octanol–water partition coefficient (Wildman–Crippen LogP) is 3.75. The van der Waals surface area contributed by atoms with Gasteiger partial charge in [-0.1, -0.05) is 18.2 Å². The van der Waals surface area contributed by atoms with E-state index in [2.05, 4.69) is 20.6 Å². The third-order valence-corrected chi connectivity index (χ3v) is 9.19. The fourth-order valence-electron chi connectivity index (χ4n) is 4.86. The van der Waals surface area contributed by atoms with Crippen LogP contribution in [0.1, 0.15) is 11.1 Å². The highest BCUT2D eigenvalue weighted by molar-refractivity contribution is 7.90. The van der Waals surface area contributed by atoms with Crippen molar-refractivity contribution in [2.24, 2.45) is 0 Å². The number of urea groups is 1. The molecule has 12 nitrogen and oxygen atoms in total. The quantitative estimate of drug-likeness (QED) is 0.226. The van der Waals surface area contributed by atoms with Gasteiger partial charge in [0.2, 0.25) is 0 Å². The standard InChI is InChI=1S/C30H28F2N6O6S2/c1-36(2)15-21-25-27(39)38(19-12-13-24(33-14-19)46(4,42)43)30(41)37(16-20-22(31)6-5-7-23(20)32)28(25)45-26(21)17-8-10-18(11-9-17)34-29(40)35-44-3/h5-14H,15-16H2,1-4H3,(H2,34,35,40). The molecule has 0 fully saturated rings. The summed E-state index contributed by atoms with van der Waals surface area (Å²) in [6.07, 6.45) is 2.06. The van der Waals surface area contributed by atoms with Gasteiger partial charge in [0, 0.05) is 28.9 Å². The number of sulfone groups is 1. The van der Waals surface area contributed by atoms with Crippen LogP contribution in [0, 0.1) is 11.6 Å². The third-order valence-electron chi connectivity index (χ3n) is 6.88. The van der Waals surface area contributed by atoms with Crippen molar-refractivity contribution in [2.45, 2.75) is 18.1 Å². The molecule has 0 saturated carbocycles. The van der Waals surface area contributed by atoms with Gasteiger partial charge in [-0.25, -0.2) is 41.8 Å². The first kappa shape index (κ1) is 32.6. The summed E-state index contributed by atoms with van der Waals surface area (Å²) in [5, 5.41) is 2.48. The lowest BCUT2D eigenvalue weighted by Gasteiger charge is -2.15. The molecule has 0 aliphatic carbocycles. The maximum absolute atomic E-state index is 14.9. The SMILES string of the molecule is CONC(=O)Nc1ccc(-c2sc3c(c2CN(C)C)c(=O)n(-c2ccc(S(C)(=O)=O)nc2)c(=O)n3Cc2c(F)cccc2F)cc1. The highest BCUT2D eigenvalue weighted by Gasteiger charge is 2.25. The number of pyridine rings is 1. The highest BCUT2D eigenvalue weighted by Crippen LogP contribution is 2.38. The normalized spacial score (nSPS) is 11.7. The number of carbonyl (C=O) groups is 1. The summed E-state index contributed by atoms with van der Waals surface area (Å²) in [5.41, 5.74) is 1.78. The second-order valence-electron chi connectivity index (χ2n) is 10.5. The Morgan fingerprint density at radius 3 is 2.26 bits per heavy atom. The number of anilines is 1. The first-order chi connectivity index (χ1) is 21.8. The van der Waals surface area contributed by atoms with Gasteiger partial charge in [0.15, 0.2) is 14.9 Å². The zero-order valence-corrected chi connectivity index (χ0v) is 26.6. The van der Waals surface area contributed by atoms with Gasteiger partial charge < -0.3 is 10.2 Å². The molecule has 0 atom stereocenters. The van der Waals surface area contributed by atoms with Gasteiger partial charge in [0.05, 0.1) is 30.9 Å². The van der Waals surface area contributed by atoms with Gasteiger partial charge in [0.25, 0.3) is 5.56 Å². The summed E-state index contributed by atoms with van der Waals surface area (Å²) in [6.45, 7) is -0.292. The van der Waals surface area contributed by atoms with Crippen molar-refractivity contribution in [3.8, 4) is 16.1 Å². The lowest BCUT2D eigenvalue weighted by atomic mass is 10.1. The average Bonchev–Trinajstić information content (AvgIpc) is 3.35. The van der Waals surface area contributed by atoms with E-state index >= 15 is 0 Å². The van der Waals surface area contributed by atoms with E-state index in [0.717, 1.165) is 45.1 Å². The van der Waals surface area contributed by atoms with Crippen molar-refractivity contribution < 1.29 is 26.8 Å². The summed E-state index contributed by atoms with van der Waals surface area (Å²) < 4.78 is 55.7. The van der Waals surface area contributed by atoms with Gasteiger partial charge in [-0.3, -0.25) is 14.2 Å². The number of nitrogens with one attached hydrogen (secondary N) is 2. The predicted molar refractivity (Wildman–Crippen MR) is 170 cm³/mol. The minimum atomic E-state index is -3.68. The second kappa shape index (κ2) is 12.9. The monoisotopic (exact) mass is 670 g/mol. The van der Waals surface area contributed by atoms with Crippen molar-refractivity contribution in [2.75, 3.05) is 32.8 Å². The molecule has 46 heavy (non-hydrogen) atoms. The van der Waals surface area contributed by atoms with Crippen LogP contribution in [0.3, 0.4) is 0 Å². The fraction of sp³-hybridized carbons (Fsp3) is 0.200. The molecule has 5 rings (SSSR count). The summed E-state index contributed by atoms with van der Waals surface area (Å²) in [5.74, 6) is -1.74. The molecular formula is C30H28F2N6O6S2. The van der Waals surface area contributed by atoms with Crippen molar-refractivity contribution >= 4 is 43.1 Å². The van der Waals surface area contributed by atoms with E-state index in [0.29, 0.717) is 21.7 Å². The summed E-state index contributed by atoms with van der Waals surface area (Å²) in [4.78, 5) is 51.3. The van der Waals surface area contributed by atoms with Crippen molar-refractivity contribution in [1.82, 2.24) is 24.5 Å². The number of halogens is 2. The number of amides is 2. The first-order valence-electron chi connectivity index (χ1n) is 13.6. The molecule has 0 bridgehead atoms. The van der Waals surface area contributed by atoms with Gasteiger partial charge in [-0.15, -0.1) is 11.3 Å². The van der Waals surface area contributed by atoms with E-state index < -0.39 is 45.3 Å². The summed E-state index contributed by atoms with van der Waals surface area (Å²) in [6, 6.07) is 11.9. The van der Waals surface area contributed by atoms with E-state index in [1.165, 1.54) is 25.3 Å². The van der Waals surface area contributed by atoms with Crippen LogP contribution in [-0.4, -0.2) is 60.9 Å². The minimum absolute atomic E-state index is 0.0274. The zero-order valence-electron chi connectivity index (χ0n) is 25.0. The molecule has 3 aromatic heterocycles. The minimum Gasteiger partial charge on any atom is -0.306 e. The molecule has 2 N–H and O–H groups in total.